The maximum atomic E-state index is 13.7. The first kappa shape index (κ1) is 30.8. The number of fused-ring (bicyclic) bond motifs is 2. The van der Waals surface area contributed by atoms with Gasteiger partial charge in [-0.05, 0) is 87.7 Å². The number of likely N-dealkylation sites (tertiary alicyclic amines) is 1. The van der Waals surface area contributed by atoms with Crippen molar-refractivity contribution in [1.29, 1.82) is 0 Å². The molecule has 45 heavy (non-hydrogen) atoms. The molecule has 0 atom stereocenters. The van der Waals surface area contributed by atoms with Crippen LogP contribution in [0, 0.1) is 0 Å². The summed E-state index contributed by atoms with van der Waals surface area (Å²) in [6.07, 6.45) is 4.49. The Morgan fingerprint density at radius 2 is 1.69 bits per heavy atom. The SMILES string of the molecule is CC(C)(C)OC(=O)n1c(-c2cccc3c2C(=O)N(OS(=O)(=O)/C=C/c2ccccc2)C3)cc2cc(CN3CCCCC3)ccc21. The Bertz CT molecular complexity index is 1880. The minimum absolute atomic E-state index is 0.0624. The summed E-state index contributed by atoms with van der Waals surface area (Å²) >= 11 is 0. The smallest absolute Gasteiger partial charge is 0.419 e. The minimum atomic E-state index is -4.23. The van der Waals surface area contributed by atoms with Gasteiger partial charge in [0.25, 0.3) is 5.91 Å². The van der Waals surface area contributed by atoms with Crippen LogP contribution in [0.5, 0.6) is 0 Å². The van der Waals surface area contributed by atoms with E-state index in [1.165, 1.54) is 29.9 Å². The fourth-order valence-electron chi connectivity index (χ4n) is 5.93. The molecule has 3 aromatic carbocycles. The second-order valence-corrected chi connectivity index (χ2v) is 13.9. The summed E-state index contributed by atoms with van der Waals surface area (Å²) in [6.45, 7) is 8.30. The van der Waals surface area contributed by atoms with Gasteiger partial charge in [-0.25, -0.2) is 9.36 Å². The highest BCUT2D eigenvalue weighted by Gasteiger charge is 2.35. The quantitative estimate of drug-likeness (QED) is 0.218. The van der Waals surface area contributed by atoms with Gasteiger partial charge in [-0.3, -0.25) is 9.69 Å². The van der Waals surface area contributed by atoms with E-state index >= 15 is 0 Å². The molecule has 4 aromatic rings. The fraction of sp³-hybridized carbons (Fsp3) is 0.314. The number of rotatable bonds is 7. The van der Waals surface area contributed by atoms with E-state index in [1.807, 2.05) is 24.3 Å². The maximum Gasteiger partial charge on any atom is 0.419 e. The van der Waals surface area contributed by atoms with Crippen LogP contribution in [0.3, 0.4) is 0 Å². The molecule has 0 N–H and O–H groups in total. The molecule has 0 radical (unpaired) electrons. The molecule has 2 aliphatic rings. The van der Waals surface area contributed by atoms with Gasteiger partial charge in [0.15, 0.2) is 0 Å². The van der Waals surface area contributed by atoms with Crippen molar-refractivity contribution < 1.29 is 27.0 Å². The summed E-state index contributed by atoms with van der Waals surface area (Å²) in [4.78, 5) is 29.8. The molecule has 6 rings (SSSR count). The van der Waals surface area contributed by atoms with Crippen LogP contribution in [0.1, 0.15) is 67.1 Å². The Labute approximate surface area is 263 Å². The van der Waals surface area contributed by atoms with Crippen LogP contribution in [0.25, 0.3) is 28.2 Å². The highest BCUT2D eigenvalue weighted by molar-refractivity contribution is 7.89. The van der Waals surface area contributed by atoms with Gasteiger partial charge < -0.3 is 4.74 Å². The summed E-state index contributed by atoms with van der Waals surface area (Å²) in [5.74, 6) is -0.607. The third kappa shape index (κ3) is 6.88. The second kappa shape index (κ2) is 12.3. The molecule has 1 saturated heterocycles. The number of piperidine rings is 1. The molecule has 0 saturated carbocycles. The van der Waals surface area contributed by atoms with Crippen LogP contribution < -0.4 is 0 Å². The zero-order valence-corrected chi connectivity index (χ0v) is 26.5. The summed E-state index contributed by atoms with van der Waals surface area (Å²) in [6, 6.07) is 22.2. The molecular weight excluding hydrogens is 590 g/mol. The average Bonchev–Trinajstić information content (AvgIpc) is 3.53. The van der Waals surface area contributed by atoms with Gasteiger partial charge in [-0.15, -0.1) is 4.28 Å². The lowest BCUT2D eigenvalue weighted by molar-refractivity contribution is -0.0255. The lowest BCUT2D eigenvalue weighted by Crippen LogP contribution is -2.29. The number of carbonyl (C=O) groups excluding carboxylic acids is 2. The van der Waals surface area contributed by atoms with E-state index in [4.69, 9.17) is 9.02 Å². The van der Waals surface area contributed by atoms with Gasteiger partial charge in [0, 0.05) is 17.5 Å². The molecule has 3 heterocycles. The number of aromatic nitrogens is 1. The summed E-state index contributed by atoms with van der Waals surface area (Å²) in [7, 11) is -4.23. The van der Waals surface area contributed by atoms with E-state index in [-0.39, 0.29) is 12.1 Å². The van der Waals surface area contributed by atoms with Crippen molar-refractivity contribution in [2.45, 2.75) is 58.7 Å². The van der Waals surface area contributed by atoms with E-state index in [2.05, 4.69) is 11.0 Å². The third-order valence-corrected chi connectivity index (χ3v) is 8.76. The third-order valence-electron chi connectivity index (χ3n) is 7.90. The molecular formula is C35H37N3O6S. The summed E-state index contributed by atoms with van der Waals surface area (Å²) in [5.41, 5.74) is 3.56. The first-order valence-electron chi connectivity index (χ1n) is 15.2. The van der Waals surface area contributed by atoms with Crippen LogP contribution in [0.2, 0.25) is 0 Å². The largest absolute Gasteiger partial charge is 0.443 e. The predicted octanol–water partition coefficient (Wildman–Crippen LogP) is 6.97. The highest BCUT2D eigenvalue weighted by Crippen LogP contribution is 2.37. The van der Waals surface area contributed by atoms with Crippen LogP contribution in [0.15, 0.2) is 78.2 Å². The number of hydrogen-bond donors (Lipinski definition) is 0. The molecule has 10 heteroatoms. The Hall–Kier alpha value is -4.25. The lowest BCUT2D eigenvalue weighted by atomic mass is 10.0. The Balaban J connectivity index is 1.36. The Morgan fingerprint density at radius 3 is 2.42 bits per heavy atom. The number of amides is 1. The van der Waals surface area contributed by atoms with E-state index in [1.54, 1.807) is 63.2 Å². The standard InChI is InChI=1S/C35H37N3O6S/c1-35(2,3)43-34(40)38-30-16-15-26(23-36-18-8-5-9-19-36)21-28(30)22-31(38)29-14-10-13-27-24-37(33(39)32(27)29)44-45(41,42)20-17-25-11-6-4-7-12-25/h4,6-7,10-17,20-22H,5,8-9,18-19,23-24H2,1-3H3/b20-17+. The van der Waals surface area contributed by atoms with Crippen LogP contribution >= 0.6 is 0 Å². The van der Waals surface area contributed by atoms with Crippen molar-refractivity contribution in [2.24, 2.45) is 0 Å². The fourth-order valence-corrected chi connectivity index (χ4v) is 6.67. The molecule has 0 spiro atoms. The molecule has 1 amide bonds. The van der Waals surface area contributed by atoms with Gasteiger partial charge in [-0.1, -0.05) is 61.0 Å². The molecule has 9 nitrogen and oxygen atoms in total. The summed E-state index contributed by atoms with van der Waals surface area (Å²) < 4.78 is 38.2. The number of nitrogens with zero attached hydrogens (tertiary/aromatic N) is 3. The molecule has 1 aromatic heterocycles. The van der Waals surface area contributed by atoms with Gasteiger partial charge in [0.1, 0.15) is 5.60 Å². The van der Waals surface area contributed by atoms with Crippen LogP contribution in [-0.2, 0) is 32.2 Å². The first-order chi connectivity index (χ1) is 21.5. The number of hydroxylamine groups is 2. The topological polar surface area (TPSA) is 98.1 Å². The van der Waals surface area contributed by atoms with E-state index in [0.29, 0.717) is 27.9 Å². The van der Waals surface area contributed by atoms with Crippen molar-refractivity contribution in [1.82, 2.24) is 14.5 Å². The van der Waals surface area contributed by atoms with Gasteiger partial charge in [0.05, 0.1) is 28.7 Å². The minimum Gasteiger partial charge on any atom is -0.443 e. The van der Waals surface area contributed by atoms with E-state index in [0.717, 1.165) is 41.1 Å². The number of benzene rings is 3. The second-order valence-electron chi connectivity index (χ2n) is 12.5. The van der Waals surface area contributed by atoms with Crippen molar-refractivity contribution in [3.05, 3.63) is 100 Å². The van der Waals surface area contributed by atoms with Crippen LogP contribution in [0.4, 0.5) is 4.79 Å². The lowest BCUT2D eigenvalue weighted by Gasteiger charge is -2.26. The molecule has 234 valence electrons. The van der Waals surface area contributed by atoms with Gasteiger partial charge >= 0.3 is 16.2 Å². The number of ether oxygens (including phenoxy) is 1. The molecule has 0 aliphatic carbocycles. The molecule has 1 fully saturated rings. The monoisotopic (exact) mass is 627 g/mol. The van der Waals surface area contributed by atoms with Crippen molar-refractivity contribution in [3.63, 3.8) is 0 Å². The molecule has 0 unspecified atom stereocenters. The number of carbonyl (C=O) groups is 2. The highest BCUT2D eigenvalue weighted by atomic mass is 32.2. The maximum absolute atomic E-state index is 13.7. The van der Waals surface area contributed by atoms with Crippen LogP contribution in [-0.4, -0.2) is 53.6 Å². The van der Waals surface area contributed by atoms with Crippen molar-refractivity contribution in [3.8, 4) is 11.3 Å². The van der Waals surface area contributed by atoms with E-state index in [9.17, 15) is 18.0 Å². The molecule has 0 bridgehead atoms. The van der Waals surface area contributed by atoms with Crippen molar-refractivity contribution >= 4 is 39.1 Å². The van der Waals surface area contributed by atoms with Gasteiger partial charge in [-0.2, -0.15) is 13.5 Å². The Kier molecular flexibility index (Phi) is 8.39. The van der Waals surface area contributed by atoms with Crippen molar-refractivity contribution in [2.75, 3.05) is 13.1 Å². The average molecular weight is 628 g/mol. The summed E-state index contributed by atoms with van der Waals surface area (Å²) in [5, 5.41) is 2.62. The zero-order valence-electron chi connectivity index (χ0n) is 25.7. The van der Waals surface area contributed by atoms with Gasteiger partial charge in [0.2, 0.25) is 0 Å². The Morgan fingerprint density at radius 1 is 0.933 bits per heavy atom. The normalized spacial score (nSPS) is 16.1. The first-order valence-corrected chi connectivity index (χ1v) is 16.7. The zero-order chi connectivity index (χ0) is 31.8. The number of hydrogen-bond acceptors (Lipinski definition) is 7. The molecule has 2 aliphatic heterocycles. The predicted molar refractivity (Wildman–Crippen MR) is 173 cm³/mol. The van der Waals surface area contributed by atoms with E-state index < -0.39 is 27.7 Å².